The third kappa shape index (κ3) is 3.83. The largest absolute Gasteiger partial charge is 0.459 e. The fraction of sp³-hybridized carbons (Fsp3) is 0.0833. The molecule has 2 aromatic carbocycles. The molecule has 0 unspecified atom stereocenters. The molecule has 7 nitrogen and oxygen atoms in total. The third-order valence-electron chi connectivity index (χ3n) is 5.49. The van der Waals surface area contributed by atoms with E-state index in [2.05, 4.69) is 10.3 Å². The molecule has 1 aliphatic rings. The van der Waals surface area contributed by atoms with Crippen molar-refractivity contribution < 1.29 is 13.7 Å². The number of non-ortho nitro benzene ring substituents is 1. The molecule has 1 N–H and O–H groups in total. The van der Waals surface area contributed by atoms with Crippen molar-refractivity contribution in [2.24, 2.45) is 0 Å². The first-order chi connectivity index (χ1) is 16.0. The number of halogens is 1. The first-order valence-corrected chi connectivity index (χ1v) is 10.5. The van der Waals surface area contributed by atoms with Crippen LogP contribution >= 0.6 is 12.2 Å². The molecule has 3 heterocycles. The van der Waals surface area contributed by atoms with Gasteiger partial charge >= 0.3 is 0 Å². The number of hydrogen-bond acceptors (Lipinski definition) is 5. The van der Waals surface area contributed by atoms with Crippen LogP contribution in [0.3, 0.4) is 0 Å². The Morgan fingerprint density at radius 1 is 1.03 bits per heavy atom. The predicted octanol–water partition coefficient (Wildman–Crippen LogP) is 5.57. The molecule has 1 saturated heterocycles. The van der Waals surface area contributed by atoms with Crippen molar-refractivity contribution in [1.82, 2.24) is 10.3 Å². The molecule has 1 fully saturated rings. The van der Waals surface area contributed by atoms with Crippen molar-refractivity contribution in [3.8, 4) is 11.3 Å². The summed E-state index contributed by atoms with van der Waals surface area (Å²) in [5.74, 6) is 0.677. The summed E-state index contributed by atoms with van der Waals surface area (Å²) in [5.41, 5.74) is 1.74. The van der Waals surface area contributed by atoms with Crippen molar-refractivity contribution in [3.05, 3.63) is 112 Å². The Morgan fingerprint density at radius 3 is 2.48 bits per heavy atom. The van der Waals surface area contributed by atoms with Gasteiger partial charge in [0.1, 0.15) is 23.4 Å². The van der Waals surface area contributed by atoms with E-state index in [1.807, 2.05) is 18.2 Å². The zero-order valence-electron chi connectivity index (χ0n) is 17.1. The number of nitrogens with one attached hydrogen (secondary N) is 1. The molecule has 1 aliphatic heterocycles. The van der Waals surface area contributed by atoms with Gasteiger partial charge in [-0.2, -0.15) is 0 Å². The number of pyridine rings is 1. The second kappa shape index (κ2) is 8.44. The van der Waals surface area contributed by atoms with Crippen molar-refractivity contribution in [2.75, 3.05) is 4.90 Å². The molecule has 164 valence electrons. The molecular formula is C24H17FN4O3S. The normalized spacial score (nSPS) is 17.7. The predicted molar refractivity (Wildman–Crippen MR) is 125 cm³/mol. The van der Waals surface area contributed by atoms with Gasteiger partial charge in [-0.15, -0.1) is 0 Å². The molecule has 2 aromatic heterocycles. The van der Waals surface area contributed by atoms with Crippen LogP contribution in [0.15, 0.2) is 89.5 Å². The average molecular weight is 460 g/mol. The summed E-state index contributed by atoms with van der Waals surface area (Å²) in [4.78, 5) is 16.7. The highest BCUT2D eigenvalue weighted by Crippen LogP contribution is 2.43. The molecule has 2 atom stereocenters. The van der Waals surface area contributed by atoms with Crippen molar-refractivity contribution in [1.29, 1.82) is 0 Å². The molecule has 0 amide bonds. The summed E-state index contributed by atoms with van der Waals surface area (Å²) in [6.07, 6.45) is 1.69. The fourth-order valence-corrected chi connectivity index (χ4v) is 4.30. The lowest BCUT2D eigenvalue weighted by molar-refractivity contribution is -0.384. The van der Waals surface area contributed by atoms with Crippen molar-refractivity contribution in [2.45, 2.75) is 12.1 Å². The minimum atomic E-state index is -0.504. The van der Waals surface area contributed by atoms with E-state index in [4.69, 9.17) is 16.6 Å². The van der Waals surface area contributed by atoms with Gasteiger partial charge in [-0.3, -0.25) is 15.1 Å². The number of furan rings is 1. The van der Waals surface area contributed by atoms with Gasteiger partial charge in [-0.1, -0.05) is 18.2 Å². The SMILES string of the molecule is O=[N+]([O-])c1ccc(-c2ccc([C@H]3[C@@H](c4ccccn4)NC(=S)N3c3ccccc3F)o2)cc1. The van der Waals surface area contributed by atoms with E-state index in [1.54, 1.807) is 53.6 Å². The van der Waals surface area contributed by atoms with E-state index in [0.29, 0.717) is 27.9 Å². The summed E-state index contributed by atoms with van der Waals surface area (Å²) < 4.78 is 21.0. The first-order valence-electron chi connectivity index (χ1n) is 10.1. The van der Waals surface area contributed by atoms with Crippen LogP contribution in [0.1, 0.15) is 23.5 Å². The molecule has 5 rings (SSSR count). The molecule has 0 spiro atoms. The molecule has 0 aliphatic carbocycles. The minimum Gasteiger partial charge on any atom is -0.459 e. The van der Waals surface area contributed by atoms with Crippen LogP contribution in [-0.4, -0.2) is 15.0 Å². The Kier molecular flexibility index (Phi) is 5.31. The zero-order chi connectivity index (χ0) is 22.9. The van der Waals surface area contributed by atoms with Crippen LogP contribution in [-0.2, 0) is 0 Å². The Balaban J connectivity index is 1.58. The number of nitro groups is 1. The van der Waals surface area contributed by atoms with Gasteiger partial charge in [0.2, 0.25) is 0 Å². The van der Waals surface area contributed by atoms with E-state index in [9.17, 15) is 14.5 Å². The van der Waals surface area contributed by atoms with Gasteiger partial charge in [-0.05, 0) is 60.7 Å². The lowest BCUT2D eigenvalue weighted by Gasteiger charge is -2.26. The Hall–Kier alpha value is -4.11. The summed E-state index contributed by atoms with van der Waals surface area (Å²) in [7, 11) is 0. The van der Waals surface area contributed by atoms with E-state index in [1.165, 1.54) is 18.2 Å². The summed E-state index contributed by atoms with van der Waals surface area (Å²) in [6, 6.07) is 20.8. The van der Waals surface area contributed by atoms with Crippen molar-refractivity contribution >= 4 is 28.7 Å². The molecule has 33 heavy (non-hydrogen) atoms. The van der Waals surface area contributed by atoms with Crippen LogP contribution in [0.2, 0.25) is 0 Å². The number of para-hydroxylation sites is 1. The van der Waals surface area contributed by atoms with Gasteiger partial charge in [0.15, 0.2) is 5.11 Å². The number of thiocarbonyl (C=S) groups is 1. The number of aromatic nitrogens is 1. The number of nitrogens with zero attached hydrogens (tertiary/aromatic N) is 3. The Labute approximate surface area is 193 Å². The van der Waals surface area contributed by atoms with Crippen LogP contribution in [0.5, 0.6) is 0 Å². The van der Waals surface area contributed by atoms with Gasteiger partial charge in [-0.25, -0.2) is 4.39 Å². The number of anilines is 1. The maximum atomic E-state index is 14.8. The van der Waals surface area contributed by atoms with E-state index in [-0.39, 0.29) is 11.7 Å². The molecule has 0 bridgehead atoms. The second-order valence-electron chi connectivity index (χ2n) is 7.45. The van der Waals surface area contributed by atoms with E-state index >= 15 is 0 Å². The number of nitro benzene ring substituents is 1. The highest BCUT2D eigenvalue weighted by atomic mass is 32.1. The lowest BCUT2D eigenvalue weighted by Crippen LogP contribution is -2.30. The van der Waals surface area contributed by atoms with Crippen LogP contribution in [0, 0.1) is 15.9 Å². The number of hydrogen-bond donors (Lipinski definition) is 1. The smallest absolute Gasteiger partial charge is 0.269 e. The average Bonchev–Trinajstić information content (AvgIpc) is 3.45. The lowest BCUT2D eigenvalue weighted by atomic mass is 10.0. The first kappa shape index (κ1) is 20.8. The monoisotopic (exact) mass is 460 g/mol. The van der Waals surface area contributed by atoms with Gasteiger partial charge in [0.25, 0.3) is 5.69 Å². The Morgan fingerprint density at radius 2 is 1.79 bits per heavy atom. The maximum absolute atomic E-state index is 14.8. The molecule has 0 saturated carbocycles. The molecule has 0 radical (unpaired) electrons. The number of benzene rings is 2. The van der Waals surface area contributed by atoms with Crippen molar-refractivity contribution in [3.63, 3.8) is 0 Å². The zero-order valence-corrected chi connectivity index (χ0v) is 17.9. The van der Waals surface area contributed by atoms with Crippen LogP contribution in [0.4, 0.5) is 15.8 Å². The highest BCUT2D eigenvalue weighted by molar-refractivity contribution is 7.80. The highest BCUT2D eigenvalue weighted by Gasteiger charge is 2.43. The molecule has 4 aromatic rings. The summed E-state index contributed by atoms with van der Waals surface area (Å²) in [6.45, 7) is 0. The van der Waals surface area contributed by atoms with Crippen LogP contribution in [0.25, 0.3) is 11.3 Å². The third-order valence-corrected chi connectivity index (χ3v) is 5.81. The quantitative estimate of drug-likeness (QED) is 0.237. The van der Waals surface area contributed by atoms with Gasteiger partial charge in [0.05, 0.1) is 22.3 Å². The number of rotatable bonds is 5. The van der Waals surface area contributed by atoms with Crippen LogP contribution < -0.4 is 10.2 Å². The topological polar surface area (TPSA) is 84.4 Å². The van der Waals surface area contributed by atoms with Gasteiger partial charge in [0, 0.05) is 23.9 Å². The molecule has 9 heteroatoms. The van der Waals surface area contributed by atoms with E-state index < -0.39 is 16.8 Å². The molecular weight excluding hydrogens is 443 g/mol. The minimum absolute atomic E-state index is 0.00295. The van der Waals surface area contributed by atoms with E-state index in [0.717, 1.165) is 5.69 Å². The summed E-state index contributed by atoms with van der Waals surface area (Å²) in [5, 5.41) is 14.6. The fourth-order valence-electron chi connectivity index (χ4n) is 3.96. The standard InChI is InChI=1S/C24H17FN4O3S/c25-17-5-1-2-7-19(17)28-23(22(27-24(28)33)18-6-3-4-14-26-18)21-13-12-20(32-21)15-8-10-16(11-9-15)29(30)31/h1-14,22-23H,(H,27,33)/t22-,23+/m1/s1. The Bertz CT molecular complexity index is 1330. The summed E-state index contributed by atoms with van der Waals surface area (Å²) >= 11 is 5.59. The second-order valence-corrected chi connectivity index (χ2v) is 7.84. The maximum Gasteiger partial charge on any atom is 0.269 e. The van der Waals surface area contributed by atoms with Gasteiger partial charge < -0.3 is 14.6 Å².